The van der Waals surface area contributed by atoms with Gasteiger partial charge in [0.2, 0.25) is 5.91 Å². The second-order valence-electron chi connectivity index (χ2n) is 12.8. The third-order valence-corrected chi connectivity index (χ3v) is 7.79. The van der Waals surface area contributed by atoms with E-state index >= 15 is 0 Å². The van der Waals surface area contributed by atoms with Gasteiger partial charge in [-0.3, -0.25) is 9.59 Å². The molecule has 0 radical (unpaired) electrons. The van der Waals surface area contributed by atoms with Crippen molar-refractivity contribution >= 4 is 23.6 Å². The number of methoxy groups -OCH3 is 1. The summed E-state index contributed by atoms with van der Waals surface area (Å²) in [4.78, 5) is 43.6. The number of ether oxygens (including phenoxy) is 2. The molecule has 47 heavy (non-hydrogen) atoms. The van der Waals surface area contributed by atoms with Crippen molar-refractivity contribution in [2.75, 3.05) is 19.0 Å². The summed E-state index contributed by atoms with van der Waals surface area (Å²) in [6.45, 7) is 9.41. The number of amides is 3. The SMILES string of the molecule is CCCCCCCCN(C(=O)C(Cc1ccccc1)NC(=O)OC(C)(C)C)C(C(=O)Nc1ccc(OC)cc1)c1cccc(C)c1O. The average molecular weight is 646 g/mol. The molecule has 0 saturated carbocycles. The van der Waals surface area contributed by atoms with E-state index in [0.29, 0.717) is 29.0 Å². The molecular weight excluding hydrogens is 594 g/mol. The summed E-state index contributed by atoms with van der Waals surface area (Å²) in [7, 11) is 1.56. The summed E-state index contributed by atoms with van der Waals surface area (Å²) in [6.07, 6.45) is 5.27. The van der Waals surface area contributed by atoms with Crippen LogP contribution in [0.1, 0.15) is 89.0 Å². The fourth-order valence-electron chi connectivity index (χ4n) is 5.37. The van der Waals surface area contributed by atoms with Gasteiger partial charge in [-0.2, -0.15) is 0 Å². The van der Waals surface area contributed by atoms with E-state index in [2.05, 4.69) is 17.6 Å². The monoisotopic (exact) mass is 645 g/mol. The number of anilines is 1. The number of carbonyl (C=O) groups excluding carboxylic acids is 3. The molecule has 3 aromatic rings. The highest BCUT2D eigenvalue weighted by Gasteiger charge is 2.37. The van der Waals surface area contributed by atoms with Crippen LogP contribution in [0.15, 0.2) is 72.8 Å². The number of hydrogen-bond acceptors (Lipinski definition) is 6. The number of hydrogen-bond donors (Lipinski definition) is 3. The second-order valence-corrected chi connectivity index (χ2v) is 12.8. The van der Waals surface area contributed by atoms with E-state index in [1.807, 2.05) is 30.3 Å². The maximum Gasteiger partial charge on any atom is 0.408 e. The number of phenolic OH excluding ortho intramolecular Hbond substituents is 1. The van der Waals surface area contributed by atoms with E-state index in [1.165, 1.54) is 4.90 Å². The Kier molecular flexibility index (Phi) is 14.1. The van der Waals surface area contributed by atoms with Crippen LogP contribution in [0.3, 0.4) is 0 Å². The summed E-state index contributed by atoms with van der Waals surface area (Å²) in [5, 5.41) is 17.0. The number of benzene rings is 3. The van der Waals surface area contributed by atoms with Crippen LogP contribution < -0.4 is 15.4 Å². The summed E-state index contributed by atoms with van der Waals surface area (Å²) >= 11 is 0. The Hall–Kier alpha value is -4.53. The number of unbranched alkanes of at least 4 members (excludes halogenated alkanes) is 5. The first kappa shape index (κ1) is 36.9. The molecule has 2 atom stereocenters. The molecule has 3 amide bonds. The molecule has 3 rings (SSSR count). The molecule has 0 saturated heterocycles. The molecule has 254 valence electrons. The zero-order valence-corrected chi connectivity index (χ0v) is 28.7. The highest BCUT2D eigenvalue weighted by molar-refractivity contribution is 5.99. The number of alkyl carbamates (subject to hydrolysis) is 1. The van der Waals surface area contributed by atoms with Crippen molar-refractivity contribution in [3.63, 3.8) is 0 Å². The molecule has 9 heteroatoms. The van der Waals surface area contributed by atoms with E-state index in [9.17, 15) is 19.5 Å². The van der Waals surface area contributed by atoms with Gasteiger partial charge in [0.1, 0.15) is 29.2 Å². The third kappa shape index (κ3) is 11.6. The molecule has 9 nitrogen and oxygen atoms in total. The van der Waals surface area contributed by atoms with Crippen molar-refractivity contribution in [1.82, 2.24) is 10.2 Å². The molecule has 2 unspecified atom stereocenters. The Morgan fingerprint density at radius 2 is 1.53 bits per heavy atom. The van der Waals surface area contributed by atoms with Gasteiger partial charge < -0.3 is 30.1 Å². The van der Waals surface area contributed by atoms with E-state index in [4.69, 9.17) is 9.47 Å². The first-order chi connectivity index (χ1) is 22.4. The van der Waals surface area contributed by atoms with Crippen LogP contribution in [-0.4, -0.2) is 53.2 Å². The standard InChI is InChI=1S/C38H51N3O6/c1-7-8-9-10-11-15-25-41(36(44)32(26-28-18-13-12-14-19-28)40-37(45)47-38(3,4)5)33(31-20-16-17-27(2)34(31)42)35(43)39-29-21-23-30(46-6)24-22-29/h12-14,16-24,32-33,42H,7-11,15,25-26H2,1-6H3,(H,39,43)(H,40,45). The summed E-state index contributed by atoms with van der Waals surface area (Å²) in [5.41, 5.74) is 1.43. The quantitative estimate of drug-likeness (QED) is 0.137. The Morgan fingerprint density at radius 3 is 2.17 bits per heavy atom. The van der Waals surface area contributed by atoms with Gasteiger partial charge in [0.15, 0.2) is 0 Å². The zero-order chi connectivity index (χ0) is 34.4. The number of nitrogens with zero attached hydrogens (tertiary/aromatic N) is 1. The van der Waals surface area contributed by atoms with Crippen molar-refractivity contribution < 1.29 is 29.0 Å². The molecule has 3 aromatic carbocycles. The molecule has 0 fully saturated rings. The topological polar surface area (TPSA) is 117 Å². The van der Waals surface area contributed by atoms with E-state index < -0.39 is 35.6 Å². The smallest absolute Gasteiger partial charge is 0.408 e. The highest BCUT2D eigenvalue weighted by atomic mass is 16.6. The highest BCUT2D eigenvalue weighted by Crippen LogP contribution is 2.34. The Labute approximate surface area is 279 Å². The lowest BCUT2D eigenvalue weighted by Crippen LogP contribution is -2.53. The predicted octanol–water partition coefficient (Wildman–Crippen LogP) is 7.71. The van der Waals surface area contributed by atoms with Gasteiger partial charge in [-0.25, -0.2) is 4.79 Å². The summed E-state index contributed by atoms with van der Waals surface area (Å²) in [5.74, 6) is -0.384. The van der Waals surface area contributed by atoms with Crippen molar-refractivity contribution in [3.8, 4) is 11.5 Å². The van der Waals surface area contributed by atoms with Gasteiger partial charge in [0.25, 0.3) is 5.91 Å². The summed E-state index contributed by atoms with van der Waals surface area (Å²) in [6, 6.07) is 19.2. The van der Waals surface area contributed by atoms with Gasteiger partial charge in [-0.15, -0.1) is 0 Å². The molecule has 0 heterocycles. The molecule has 0 spiro atoms. The van der Waals surface area contributed by atoms with Gasteiger partial charge in [0, 0.05) is 24.2 Å². The zero-order valence-electron chi connectivity index (χ0n) is 28.7. The van der Waals surface area contributed by atoms with Crippen molar-refractivity contribution in [2.45, 2.75) is 97.2 Å². The number of para-hydroxylation sites is 1. The minimum absolute atomic E-state index is 0.0668. The number of nitrogens with one attached hydrogen (secondary N) is 2. The molecule has 0 aliphatic rings. The first-order valence-corrected chi connectivity index (χ1v) is 16.5. The van der Waals surface area contributed by atoms with Crippen LogP contribution in [0.4, 0.5) is 10.5 Å². The van der Waals surface area contributed by atoms with E-state index in [-0.39, 0.29) is 18.7 Å². The Bertz CT molecular complexity index is 1440. The van der Waals surface area contributed by atoms with Gasteiger partial charge >= 0.3 is 6.09 Å². The number of aromatic hydroxyl groups is 1. The van der Waals surface area contributed by atoms with Crippen molar-refractivity contribution in [3.05, 3.63) is 89.5 Å². The van der Waals surface area contributed by atoms with Crippen LogP contribution in [0, 0.1) is 6.92 Å². The Balaban J connectivity index is 2.08. The van der Waals surface area contributed by atoms with Gasteiger partial charge in [0.05, 0.1) is 7.11 Å². The first-order valence-electron chi connectivity index (χ1n) is 16.5. The molecule has 0 bridgehead atoms. The second kappa shape index (κ2) is 18.0. The Morgan fingerprint density at radius 1 is 0.872 bits per heavy atom. The number of phenols is 1. The van der Waals surface area contributed by atoms with Crippen LogP contribution >= 0.6 is 0 Å². The maximum absolute atomic E-state index is 14.7. The fraction of sp³-hybridized carbons (Fsp3) is 0.447. The molecule has 0 aromatic heterocycles. The van der Waals surface area contributed by atoms with Gasteiger partial charge in [-0.05, 0) is 69.5 Å². The van der Waals surface area contributed by atoms with Crippen molar-refractivity contribution in [2.24, 2.45) is 0 Å². The largest absolute Gasteiger partial charge is 0.507 e. The number of carbonyl (C=O) groups is 3. The van der Waals surface area contributed by atoms with Gasteiger partial charge in [-0.1, -0.05) is 87.6 Å². The summed E-state index contributed by atoms with van der Waals surface area (Å²) < 4.78 is 10.8. The minimum atomic E-state index is -1.20. The lowest BCUT2D eigenvalue weighted by molar-refractivity contribution is -0.141. The van der Waals surface area contributed by atoms with Crippen LogP contribution in [0.25, 0.3) is 0 Å². The number of aryl methyl sites for hydroxylation is 1. The van der Waals surface area contributed by atoms with Crippen LogP contribution in [-0.2, 0) is 20.7 Å². The molecular formula is C38H51N3O6. The third-order valence-electron chi connectivity index (χ3n) is 7.79. The van der Waals surface area contributed by atoms with Crippen molar-refractivity contribution in [1.29, 1.82) is 0 Å². The minimum Gasteiger partial charge on any atom is -0.507 e. The van der Waals surface area contributed by atoms with E-state index in [1.54, 1.807) is 77.3 Å². The lowest BCUT2D eigenvalue weighted by Gasteiger charge is -2.35. The van der Waals surface area contributed by atoms with E-state index in [0.717, 1.165) is 37.7 Å². The molecule has 0 aliphatic heterocycles. The van der Waals surface area contributed by atoms with Crippen LogP contribution in [0.5, 0.6) is 11.5 Å². The number of rotatable bonds is 16. The average Bonchev–Trinajstić information content (AvgIpc) is 3.03. The molecule has 3 N–H and O–H groups in total. The normalized spacial score (nSPS) is 12.5. The fourth-order valence-corrected chi connectivity index (χ4v) is 5.37. The predicted molar refractivity (Wildman–Crippen MR) is 186 cm³/mol. The van der Waals surface area contributed by atoms with Crippen LogP contribution in [0.2, 0.25) is 0 Å². The maximum atomic E-state index is 14.7. The lowest BCUT2D eigenvalue weighted by atomic mass is 9.97. The molecule has 0 aliphatic carbocycles.